The van der Waals surface area contributed by atoms with Crippen molar-refractivity contribution >= 4 is 0 Å². The molecule has 3 atom stereocenters. The summed E-state index contributed by atoms with van der Waals surface area (Å²) in [4.78, 5) is 0. The molecule has 3 unspecified atom stereocenters. The molecule has 1 saturated carbocycles. The fourth-order valence-electron chi connectivity index (χ4n) is 3.05. The third kappa shape index (κ3) is 3.48. The Morgan fingerprint density at radius 2 is 2.00 bits per heavy atom. The Morgan fingerprint density at radius 1 is 1.29 bits per heavy atom. The summed E-state index contributed by atoms with van der Waals surface area (Å²) >= 11 is 0. The predicted molar refractivity (Wildman–Crippen MR) is 71.4 cm³/mol. The summed E-state index contributed by atoms with van der Waals surface area (Å²) in [6.07, 6.45) is -3.06. The molecule has 6 heteroatoms. The molecule has 1 aromatic rings. The zero-order valence-corrected chi connectivity index (χ0v) is 11.8. The molecule has 1 aliphatic rings. The normalized spacial score (nSPS) is 24.7. The molecule has 2 N–H and O–H groups in total. The van der Waals surface area contributed by atoms with Crippen LogP contribution in [-0.2, 0) is 0 Å². The van der Waals surface area contributed by atoms with Crippen molar-refractivity contribution in [2.24, 2.45) is 17.6 Å². The first-order chi connectivity index (χ1) is 9.84. The number of alkyl halides is 3. The van der Waals surface area contributed by atoms with Gasteiger partial charge in [0, 0.05) is 11.6 Å². The Kier molecular flexibility index (Phi) is 4.76. The van der Waals surface area contributed by atoms with Crippen LogP contribution in [0.1, 0.15) is 37.3 Å². The zero-order chi connectivity index (χ0) is 15.6. The van der Waals surface area contributed by atoms with E-state index in [1.165, 1.54) is 19.2 Å². The van der Waals surface area contributed by atoms with Crippen LogP contribution in [0, 0.1) is 17.7 Å². The van der Waals surface area contributed by atoms with Gasteiger partial charge in [-0.25, -0.2) is 4.39 Å². The van der Waals surface area contributed by atoms with Crippen LogP contribution < -0.4 is 10.5 Å². The fraction of sp³-hybridized carbons (Fsp3) is 0.600. The van der Waals surface area contributed by atoms with Crippen LogP contribution in [0.4, 0.5) is 17.6 Å². The maximum Gasteiger partial charge on any atom is 0.391 e. The van der Waals surface area contributed by atoms with Crippen LogP contribution >= 0.6 is 0 Å². The van der Waals surface area contributed by atoms with Gasteiger partial charge in [0.15, 0.2) is 11.6 Å². The molecule has 0 radical (unpaired) electrons. The molecule has 0 spiro atoms. The van der Waals surface area contributed by atoms with Gasteiger partial charge in [0.25, 0.3) is 0 Å². The van der Waals surface area contributed by atoms with Crippen molar-refractivity contribution < 1.29 is 22.3 Å². The standard InChI is InChI=1S/C15H19F4NO/c1-21-12-7-3-6-11(13(12)16)14(20)9-4-2-5-10(8-9)15(17,18)19/h3,6-7,9-10,14H,2,4-5,8,20H2,1H3. The first-order valence-electron chi connectivity index (χ1n) is 6.99. The summed E-state index contributed by atoms with van der Waals surface area (Å²) in [6, 6.07) is 3.83. The van der Waals surface area contributed by atoms with Gasteiger partial charge in [-0.3, -0.25) is 0 Å². The molecule has 118 valence electrons. The second kappa shape index (κ2) is 6.22. The lowest BCUT2D eigenvalue weighted by Gasteiger charge is -2.34. The minimum Gasteiger partial charge on any atom is -0.494 e. The number of hydrogen-bond acceptors (Lipinski definition) is 2. The lowest BCUT2D eigenvalue weighted by atomic mass is 9.76. The van der Waals surface area contributed by atoms with Gasteiger partial charge in [-0.1, -0.05) is 18.6 Å². The van der Waals surface area contributed by atoms with Gasteiger partial charge in [0.1, 0.15) is 0 Å². The van der Waals surface area contributed by atoms with Crippen molar-refractivity contribution in [3.05, 3.63) is 29.6 Å². The summed E-state index contributed by atoms with van der Waals surface area (Å²) in [5.74, 6) is -2.23. The van der Waals surface area contributed by atoms with Crippen molar-refractivity contribution in [2.45, 2.75) is 37.9 Å². The minimum absolute atomic E-state index is 0.0404. The summed E-state index contributed by atoms with van der Waals surface area (Å²) in [5.41, 5.74) is 6.26. The average Bonchev–Trinajstić information content (AvgIpc) is 2.46. The molecular formula is C15H19F4NO. The smallest absolute Gasteiger partial charge is 0.391 e. The van der Waals surface area contributed by atoms with Crippen LogP contribution in [-0.4, -0.2) is 13.3 Å². The SMILES string of the molecule is COc1cccc(C(N)C2CCCC(C(F)(F)F)C2)c1F. The van der Waals surface area contributed by atoms with Crippen LogP contribution in [0.25, 0.3) is 0 Å². The third-order valence-electron chi connectivity index (χ3n) is 4.26. The minimum atomic E-state index is -4.20. The summed E-state index contributed by atoms with van der Waals surface area (Å²) in [5, 5.41) is 0. The van der Waals surface area contributed by atoms with Crippen molar-refractivity contribution in [2.75, 3.05) is 7.11 Å². The van der Waals surface area contributed by atoms with Gasteiger partial charge in [0.2, 0.25) is 0 Å². The first-order valence-corrected chi connectivity index (χ1v) is 6.99. The topological polar surface area (TPSA) is 35.2 Å². The van der Waals surface area contributed by atoms with Gasteiger partial charge < -0.3 is 10.5 Å². The number of benzene rings is 1. The number of methoxy groups -OCH3 is 1. The molecule has 2 rings (SSSR count). The fourth-order valence-corrected chi connectivity index (χ4v) is 3.05. The van der Waals surface area contributed by atoms with Crippen LogP contribution in [0.3, 0.4) is 0 Å². The van der Waals surface area contributed by atoms with Crippen molar-refractivity contribution in [3.63, 3.8) is 0 Å². The Morgan fingerprint density at radius 3 is 2.62 bits per heavy atom. The molecule has 0 saturated heterocycles. The highest BCUT2D eigenvalue weighted by Crippen LogP contribution is 2.43. The second-order valence-corrected chi connectivity index (χ2v) is 5.55. The lowest BCUT2D eigenvalue weighted by Crippen LogP contribution is -2.33. The van der Waals surface area contributed by atoms with Crippen molar-refractivity contribution in [1.82, 2.24) is 0 Å². The van der Waals surface area contributed by atoms with Gasteiger partial charge in [-0.15, -0.1) is 0 Å². The molecule has 21 heavy (non-hydrogen) atoms. The molecular weight excluding hydrogens is 286 g/mol. The molecule has 0 bridgehead atoms. The van der Waals surface area contributed by atoms with Crippen LogP contribution in [0.15, 0.2) is 18.2 Å². The molecule has 1 fully saturated rings. The molecule has 1 aliphatic carbocycles. The van der Waals surface area contributed by atoms with Crippen LogP contribution in [0.2, 0.25) is 0 Å². The Balaban J connectivity index is 2.18. The number of halogens is 4. The van der Waals surface area contributed by atoms with Crippen molar-refractivity contribution in [3.8, 4) is 5.75 Å². The second-order valence-electron chi connectivity index (χ2n) is 5.55. The van der Waals surface area contributed by atoms with E-state index in [4.69, 9.17) is 10.5 Å². The van der Waals surface area contributed by atoms with E-state index in [0.717, 1.165) is 0 Å². The third-order valence-corrected chi connectivity index (χ3v) is 4.26. The highest BCUT2D eigenvalue weighted by Gasteiger charge is 2.43. The highest BCUT2D eigenvalue weighted by atomic mass is 19.4. The van der Waals surface area contributed by atoms with Gasteiger partial charge in [-0.2, -0.15) is 13.2 Å². The molecule has 0 heterocycles. The van der Waals surface area contributed by atoms with E-state index >= 15 is 0 Å². The highest BCUT2D eigenvalue weighted by molar-refractivity contribution is 5.33. The Bertz CT molecular complexity index is 489. The number of ether oxygens (including phenoxy) is 1. The zero-order valence-electron chi connectivity index (χ0n) is 11.8. The number of nitrogens with two attached hydrogens (primary N) is 1. The molecule has 2 nitrogen and oxygen atoms in total. The number of rotatable bonds is 3. The number of hydrogen-bond donors (Lipinski definition) is 1. The van der Waals surface area contributed by atoms with E-state index in [0.29, 0.717) is 12.8 Å². The van der Waals surface area contributed by atoms with E-state index in [1.807, 2.05) is 0 Å². The van der Waals surface area contributed by atoms with E-state index in [-0.39, 0.29) is 30.1 Å². The maximum atomic E-state index is 14.2. The maximum absolute atomic E-state index is 14.2. The summed E-state index contributed by atoms with van der Waals surface area (Å²) in [7, 11) is 1.34. The van der Waals surface area contributed by atoms with E-state index in [1.54, 1.807) is 6.07 Å². The largest absolute Gasteiger partial charge is 0.494 e. The van der Waals surface area contributed by atoms with E-state index in [9.17, 15) is 17.6 Å². The molecule has 0 aromatic heterocycles. The monoisotopic (exact) mass is 305 g/mol. The Labute approximate surface area is 121 Å². The lowest BCUT2D eigenvalue weighted by molar-refractivity contribution is -0.186. The molecule has 1 aromatic carbocycles. The van der Waals surface area contributed by atoms with Gasteiger partial charge in [-0.05, 0) is 31.2 Å². The average molecular weight is 305 g/mol. The quantitative estimate of drug-likeness (QED) is 0.849. The van der Waals surface area contributed by atoms with Crippen LogP contribution in [0.5, 0.6) is 5.75 Å². The van der Waals surface area contributed by atoms with Gasteiger partial charge >= 0.3 is 6.18 Å². The first kappa shape index (κ1) is 16.1. The summed E-state index contributed by atoms with van der Waals surface area (Å²) < 4.78 is 57.6. The molecule has 0 amide bonds. The Hall–Kier alpha value is -1.30. The van der Waals surface area contributed by atoms with E-state index in [2.05, 4.69) is 0 Å². The van der Waals surface area contributed by atoms with E-state index < -0.39 is 24.0 Å². The predicted octanol–water partition coefficient (Wildman–Crippen LogP) is 4.20. The summed E-state index contributed by atoms with van der Waals surface area (Å²) in [6.45, 7) is 0. The molecule has 0 aliphatic heterocycles. The van der Waals surface area contributed by atoms with Crippen molar-refractivity contribution in [1.29, 1.82) is 0 Å². The van der Waals surface area contributed by atoms with Gasteiger partial charge in [0.05, 0.1) is 13.0 Å².